The zero-order valence-corrected chi connectivity index (χ0v) is 16.3. The predicted octanol–water partition coefficient (Wildman–Crippen LogP) is 4.59. The fourth-order valence-corrected chi connectivity index (χ4v) is 3.11. The molecule has 0 spiro atoms. The van der Waals surface area contributed by atoms with Gasteiger partial charge in [-0.05, 0) is 38.1 Å². The van der Waals surface area contributed by atoms with Crippen molar-refractivity contribution < 1.29 is 4.79 Å². The van der Waals surface area contributed by atoms with Crippen LogP contribution < -0.4 is 10.9 Å². The molecule has 1 heterocycles. The summed E-state index contributed by atoms with van der Waals surface area (Å²) in [7, 11) is 0. The molecule has 138 valence electrons. The molecule has 0 aliphatic rings. The van der Waals surface area contributed by atoms with E-state index in [0.717, 1.165) is 5.56 Å². The molecule has 0 fully saturated rings. The lowest BCUT2D eigenvalue weighted by molar-refractivity contribution is -0.123. The van der Waals surface area contributed by atoms with Crippen molar-refractivity contribution in [3.8, 4) is 11.3 Å². The molecule has 2 aromatic carbocycles. The first-order valence-corrected chi connectivity index (χ1v) is 8.97. The summed E-state index contributed by atoms with van der Waals surface area (Å²) < 4.78 is 1.18. The van der Waals surface area contributed by atoms with Gasteiger partial charge in [-0.3, -0.25) is 9.59 Å². The summed E-state index contributed by atoms with van der Waals surface area (Å²) >= 11 is 12.0. The summed E-state index contributed by atoms with van der Waals surface area (Å²) in [5.41, 5.74) is 0.277. The molecule has 0 atom stereocenters. The first-order chi connectivity index (χ1) is 12.8. The van der Waals surface area contributed by atoms with Gasteiger partial charge in [-0.1, -0.05) is 53.5 Å². The van der Waals surface area contributed by atoms with Gasteiger partial charge in [0.1, 0.15) is 5.54 Å². The van der Waals surface area contributed by atoms with E-state index in [1.807, 2.05) is 30.3 Å². The van der Waals surface area contributed by atoms with Gasteiger partial charge in [-0.15, -0.1) is 0 Å². The third-order valence-electron chi connectivity index (χ3n) is 4.08. The van der Waals surface area contributed by atoms with Gasteiger partial charge in [0.2, 0.25) is 0 Å². The molecule has 0 aliphatic carbocycles. The van der Waals surface area contributed by atoms with Crippen molar-refractivity contribution in [3.63, 3.8) is 0 Å². The lowest BCUT2D eigenvalue weighted by Gasteiger charge is -2.25. The third-order valence-corrected chi connectivity index (χ3v) is 4.51. The quantitative estimate of drug-likeness (QED) is 0.694. The lowest BCUT2D eigenvalue weighted by atomic mass is 10.0. The number of amides is 1. The Morgan fingerprint density at radius 2 is 1.63 bits per heavy atom. The minimum atomic E-state index is -1.24. The van der Waals surface area contributed by atoms with Crippen LogP contribution in [0.15, 0.2) is 65.5 Å². The average molecular weight is 402 g/mol. The van der Waals surface area contributed by atoms with E-state index in [1.165, 1.54) is 10.7 Å². The molecule has 3 rings (SSSR count). The molecule has 0 unspecified atom stereocenters. The summed E-state index contributed by atoms with van der Waals surface area (Å²) in [6.45, 7) is 3.25. The Labute approximate surface area is 166 Å². The van der Waals surface area contributed by atoms with Crippen LogP contribution >= 0.6 is 23.2 Å². The Morgan fingerprint density at radius 1 is 1.00 bits per heavy atom. The van der Waals surface area contributed by atoms with Crippen LogP contribution in [0.25, 0.3) is 11.3 Å². The minimum absolute atomic E-state index is 0.376. The molecule has 0 radical (unpaired) electrons. The molecule has 1 N–H and O–H groups in total. The lowest BCUT2D eigenvalue weighted by Crippen LogP contribution is -2.47. The fourth-order valence-electron chi connectivity index (χ4n) is 2.58. The molecular weight excluding hydrogens is 385 g/mol. The first kappa shape index (κ1) is 19.1. The summed E-state index contributed by atoms with van der Waals surface area (Å²) in [6, 6.07) is 17.2. The molecule has 0 saturated carbocycles. The van der Waals surface area contributed by atoms with Gasteiger partial charge in [0, 0.05) is 27.4 Å². The Bertz CT molecular complexity index is 1030. The molecule has 7 heteroatoms. The minimum Gasteiger partial charge on any atom is -0.324 e. The van der Waals surface area contributed by atoms with Gasteiger partial charge < -0.3 is 5.32 Å². The predicted molar refractivity (Wildman–Crippen MR) is 108 cm³/mol. The Balaban J connectivity index is 1.96. The average Bonchev–Trinajstić information content (AvgIpc) is 2.61. The van der Waals surface area contributed by atoms with Crippen molar-refractivity contribution in [1.82, 2.24) is 9.78 Å². The van der Waals surface area contributed by atoms with Gasteiger partial charge in [-0.25, -0.2) is 4.68 Å². The maximum absolute atomic E-state index is 12.9. The highest BCUT2D eigenvalue weighted by Gasteiger charge is 2.32. The molecule has 3 aromatic rings. The van der Waals surface area contributed by atoms with E-state index in [-0.39, 0.29) is 5.56 Å². The maximum atomic E-state index is 12.9. The number of hydrogen-bond donors (Lipinski definition) is 1. The van der Waals surface area contributed by atoms with E-state index in [1.54, 1.807) is 38.1 Å². The van der Waals surface area contributed by atoms with Crippen LogP contribution in [0.2, 0.25) is 10.0 Å². The summed E-state index contributed by atoms with van der Waals surface area (Å²) in [5.74, 6) is -0.416. The van der Waals surface area contributed by atoms with Crippen LogP contribution in [0.1, 0.15) is 13.8 Å². The first-order valence-electron chi connectivity index (χ1n) is 8.21. The number of aromatic nitrogens is 2. The van der Waals surface area contributed by atoms with Crippen LogP contribution in [0, 0.1) is 0 Å². The van der Waals surface area contributed by atoms with Crippen molar-refractivity contribution in [2.75, 3.05) is 5.32 Å². The SMILES string of the molecule is CC(C)(C(=O)Nc1cc(Cl)cc(Cl)c1)n1nc(-c2ccccc2)ccc1=O. The van der Waals surface area contributed by atoms with Crippen molar-refractivity contribution in [2.45, 2.75) is 19.4 Å². The second kappa shape index (κ2) is 7.55. The number of carbonyl (C=O) groups is 1. The molecule has 27 heavy (non-hydrogen) atoms. The van der Waals surface area contributed by atoms with Crippen molar-refractivity contribution >= 4 is 34.8 Å². The highest BCUT2D eigenvalue weighted by atomic mass is 35.5. The van der Waals surface area contributed by atoms with E-state index < -0.39 is 11.4 Å². The van der Waals surface area contributed by atoms with Gasteiger partial charge in [-0.2, -0.15) is 5.10 Å². The van der Waals surface area contributed by atoms with Crippen LogP contribution in [-0.4, -0.2) is 15.7 Å². The van der Waals surface area contributed by atoms with E-state index >= 15 is 0 Å². The van der Waals surface area contributed by atoms with E-state index in [2.05, 4.69) is 10.4 Å². The highest BCUT2D eigenvalue weighted by molar-refractivity contribution is 6.35. The largest absolute Gasteiger partial charge is 0.324 e. The van der Waals surface area contributed by atoms with Crippen LogP contribution in [0.4, 0.5) is 5.69 Å². The normalized spacial score (nSPS) is 11.3. The second-order valence-electron chi connectivity index (χ2n) is 6.51. The summed E-state index contributed by atoms with van der Waals surface area (Å²) in [5, 5.41) is 7.94. The Morgan fingerprint density at radius 3 is 2.26 bits per heavy atom. The van der Waals surface area contributed by atoms with Gasteiger partial charge in [0.05, 0.1) is 5.69 Å². The Hall–Kier alpha value is -2.63. The number of rotatable bonds is 4. The van der Waals surface area contributed by atoms with Crippen molar-refractivity contribution in [3.05, 3.63) is 81.1 Å². The summed E-state index contributed by atoms with van der Waals surface area (Å²) in [4.78, 5) is 25.3. The van der Waals surface area contributed by atoms with Crippen molar-refractivity contribution in [1.29, 1.82) is 0 Å². The van der Waals surface area contributed by atoms with Crippen LogP contribution in [-0.2, 0) is 10.3 Å². The number of benzene rings is 2. The molecule has 1 aromatic heterocycles. The van der Waals surface area contributed by atoms with Gasteiger partial charge in [0.15, 0.2) is 0 Å². The molecule has 0 bridgehead atoms. The number of nitrogens with one attached hydrogen (secondary N) is 1. The van der Waals surface area contributed by atoms with Gasteiger partial charge in [0.25, 0.3) is 11.5 Å². The smallest absolute Gasteiger partial charge is 0.267 e. The Kier molecular flexibility index (Phi) is 5.35. The molecule has 5 nitrogen and oxygen atoms in total. The maximum Gasteiger partial charge on any atom is 0.267 e. The third kappa shape index (κ3) is 4.21. The number of hydrogen-bond acceptors (Lipinski definition) is 3. The van der Waals surface area contributed by atoms with Crippen LogP contribution in [0.5, 0.6) is 0 Å². The number of anilines is 1. The zero-order chi connectivity index (χ0) is 19.6. The molecule has 1 amide bonds. The standard InChI is InChI=1S/C20H17Cl2N3O2/c1-20(2,19(27)23-16-11-14(21)10-15(22)12-16)25-18(26)9-8-17(24-25)13-6-4-3-5-7-13/h3-12H,1-2H3,(H,23,27). The second-order valence-corrected chi connectivity index (χ2v) is 7.38. The number of carbonyl (C=O) groups excluding carboxylic acids is 1. The monoisotopic (exact) mass is 401 g/mol. The van der Waals surface area contributed by atoms with Crippen molar-refractivity contribution in [2.24, 2.45) is 0 Å². The molecule has 0 saturated heterocycles. The van der Waals surface area contributed by atoms with Crippen LogP contribution in [0.3, 0.4) is 0 Å². The number of halogens is 2. The van der Waals surface area contributed by atoms with E-state index in [4.69, 9.17) is 23.2 Å². The number of nitrogens with zero attached hydrogens (tertiary/aromatic N) is 2. The topological polar surface area (TPSA) is 64.0 Å². The highest BCUT2D eigenvalue weighted by Crippen LogP contribution is 2.24. The fraction of sp³-hybridized carbons (Fsp3) is 0.150. The molecule has 0 aliphatic heterocycles. The van der Waals surface area contributed by atoms with Gasteiger partial charge >= 0.3 is 0 Å². The summed E-state index contributed by atoms with van der Waals surface area (Å²) in [6.07, 6.45) is 0. The molecular formula is C20H17Cl2N3O2. The van der Waals surface area contributed by atoms with E-state index in [0.29, 0.717) is 21.4 Å². The van der Waals surface area contributed by atoms with E-state index in [9.17, 15) is 9.59 Å². The zero-order valence-electron chi connectivity index (χ0n) is 14.7.